The van der Waals surface area contributed by atoms with E-state index >= 15 is 0 Å². The molecule has 3 rings (SSSR count). The van der Waals surface area contributed by atoms with Crippen LogP contribution in [0.3, 0.4) is 0 Å². The Bertz CT molecular complexity index is 1020. The van der Waals surface area contributed by atoms with Crippen molar-refractivity contribution in [2.75, 3.05) is 23.8 Å². The molecule has 0 bridgehead atoms. The van der Waals surface area contributed by atoms with Crippen molar-refractivity contribution in [3.63, 3.8) is 0 Å². The molecule has 27 heavy (non-hydrogen) atoms. The number of rotatable bonds is 6. The molecule has 2 aromatic carbocycles. The summed E-state index contributed by atoms with van der Waals surface area (Å²) in [6.45, 7) is 1.80. The van der Waals surface area contributed by atoms with Crippen LogP contribution in [-0.2, 0) is 10.0 Å². The molecule has 1 N–H and O–H groups in total. The number of methoxy groups -OCH3 is 1. The summed E-state index contributed by atoms with van der Waals surface area (Å²) in [5, 5.41) is 0. The number of aryl methyl sites for hydroxylation is 1. The molecule has 3 aromatic rings. The van der Waals surface area contributed by atoms with E-state index in [1.165, 1.54) is 12.3 Å². The Morgan fingerprint density at radius 2 is 1.78 bits per heavy atom. The predicted molar refractivity (Wildman–Crippen MR) is 107 cm³/mol. The molecule has 1 heterocycles. The number of anilines is 3. The lowest BCUT2D eigenvalue weighted by Gasteiger charge is -2.18. The maximum absolute atomic E-state index is 12.6. The Kier molecular flexibility index (Phi) is 5.32. The van der Waals surface area contributed by atoms with Gasteiger partial charge in [-0.05, 0) is 55.0 Å². The van der Waals surface area contributed by atoms with Crippen LogP contribution in [0.15, 0.2) is 71.8 Å². The number of benzene rings is 2. The molecule has 0 aliphatic heterocycles. The molecular formula is C20H21N3O3S. The first-order valence-corrected chi connectivity index (χ1v) is 9.81. The fourth-order valence-corrected chi connectivity index (χ4v) is 3.79. The summed E-state index contributed by atoms with van der Waals surface area (Å²) in [5.41, 5.74) is 2.14. The van der Waals surface area contributed by atoms with E-state index in [4.69, 9.17) is 4.74 Å². The molecule has 0 saturated carbocycles. The number of sulfonamides is 1. The Balaban J connectivity index is 1.78. The van der Waals surface area contributed by atoms with E-state index in [9.17, 15) is 8.42 Å². The number of hydrogen-bond donors (Lipinski definition) is 1. The Morgan fingerprint density at radius 3 is 2.37 bits per heavy atom. The molecule has 0 atom stereocenters. The van der Waals surface area contributed by atoms with Crippen LogP contribution in [0.25, 0.3) is 0 Å². The highest BCUT2D eigenvalue weighted by molar-refractivity contribution is 7.92. The molecular weight excluding hydrogens is 362 g/mol. The third-order valence-electron chi connectivity index (χ3n) is 4.16. The van der Waals surface area contributed by atoms with Crippen molar-refractivity contribution in [3.8, 4) is 5.75 Å². The van der Waals surface area contributed by atoms with Crippen molar-refractivity contribution in [2.45, 2.75) is 11.8 Å². The third kappa shape index (κ3) is 4.20. The minimum Gasteiger partial charge on any atom is -0.496 e. The second kappa shape index (κ2) is 7.67. The van der Waals surface area contributed by atoms with Gasteiger partial charge in [0.25, 0.3) is 10.0 Å². The summed E-state index contributed by atoms with van der Waals surface area (Å²) in [7, 11) is -0.251. The molecule has 140 valence electrons. The van der Waals surface area contributed by atoms with Crippen LogP contribution in [0, 0.1) is 6.92 Å². The van der Waals surface area contributed by atoms with E-state index in [0.29, 0.717) is 17.3 Å². The Hall–Kier alpha value is -3.06. The Morgan fingerprint density at radius 1 is 1.04 bits per heavy atom. The molecule has 0 amide bonds. The molecule has 0 radical (unpaired) electrons. The average Bonchev–Trinajstić information content (AvgIpc) is 2.68. The first-order chi connectivity index (χ1) is 12.9. The lowest BCUT2D eigenvalue weighted by Crippen LogP contribution is -2.14. The summed E-state index contributed by atoms with van der Waals surface area (Å²) in [5.74, 6) is 1.35. The van der Waals surface area contributed by atoms with Gasteiger partial charge in [-0.1, -0.05) is 18.2 Å². The number of aromatic nitrogens is 1. The molecule has 0 saturated heterocycles. The van der Waals surface area contributed by atoms with Crippen molar-refractivity contribution in [3.05, 3.63) is 72.4 Å². The molecule has 1 aromatic heterocycles. The normalized spacial score (nSPS) is 11.1. The number of para-hydroxylation sites is 1. The monoisotopic (exact) mass is 383 g/mol. The lowest BCUT2D eigenvalue weighted by molar-refractivity contribution is 0.411. The summed E-state index contributed by atoms with van der Waals surface area (Å²) in [6.07, 6.45) is 1.50. The van der Waals surface area contributed by atoms with Crippen molar-refractivity contribution in [2.24, 2.45) is 0 Å². The zero-order chi connectivity index (χ0) is 19.4. The maximum Gasteiger partial charge on any atom is 0.261 e. The summed E-state index contributed by atoms with van der Waals surface area (Å²) in [4.78, 5) is 6.45. The zero-order valence-electron chi connectivity index (χ0n) is 15.4. The van der Waals surface area contributed by atoms with Crippen molar-refractivity contribution in [1.82, 2.24) is 4.98 Å². The topological polar surface area (TPSA) is 71.5 Å². The number of nitrogens with one attached hydrogen (secondary N) is 1. The molecule has 0 spiro atoms. The summed E-state index contributed by atoms with van der Waals surface area (Å²) >= 11 is 0. The molecule has 0 aliphatic carbocycles. The summed E-state index contributed by atoms with van der Waals surface area (Å²) in [6, 6.07) is 18.0. The number of ether oxygens (including phenoxy) is 1. The van der Waals surface area contributed by atoms with Gasteiger partial charge in [-0.25, -0.2) is 13.4 Å². The van der Waals surface area contributed by atoms with Crippen LogP contribution >= 0.6 is 0 Å². The maximum atomic E-state index is 12.6. The SMILES string of the molecule is COc1ccc(S(=O)(=O)Nc2ccc(N(C)c3ccccc3)nc2)cc1C. The first-order valence-electron chi connectivity index (χ1n) is 8.33. The lowest BCUT2D eigenvalue weighted by atomic mass is 10.2. The minimum atomic E-state index is -3.71. The van der Waals surface area contributed by atoms with Crippen LogP contribution in [0.1, 0.15) is 5.56 Å². The molecule has 0 aliphatic rings. The van der Waals surface area contributed by atoms with E-state index in [1.807, 2.05) is 42.3 Å². The van der Waals surface area contributed by atoms with Gasteiger partial charge in [0.15, 0.2) is 0 Å². The quantitative estimate of drug-likeness (QED) is 0.697. The van der Waals surface area contributed by atoms with Gasteiger partial charge in [0, 0.05) is 12.7 Å². The van der Waals surface area contributed by atoms with Gasteiger partial charge in [-0.3, -0.25) is 4.72 Å². The number of hydrogen-bond acceptors (Lipinski definition) is 5. The molecule has 7 heteroatoms. The number of pyridine rings is 1. The fraction of sp³-hybridized carbons (Fsp3) is 0.150. The van der Waals surface area contributed by atoms with E-state index in [2.05, 4.69) is 9.71 Å². The van der Waals surface area contributed by atoms with Gasteiger partial charge in [-0.2, -0.15) is 0 Å². The van der Waals surface area contributed by atoms with Gasteiger partial charge in [0.05, 0.1) is 23.9 Å². The molecule has 6 nitrogen and oxygen atoms in total. The Labute approximate surface area is 159 Å². The van der Waals surface area contributed by atoms with Crippen LogP contribution < -0.4 is 14.4 Å². The van der Waals surface area contributed by atoms with Crippen LogP contribution in [0.5, 0.6) is 5.75 Å². The highest BCUT2D eigenvalue weighted by Gasteiger charge is 2.16. The number of nitrogens with zero attached hydrogens (tertiary/aromatic N) is 2. The van der Waals surface area contributed by atoms with Gasteiger partial charge in [-0.15, -0.1) is 0 Å². The summed E-state index contributed by atoms with van der Waals surface area (Å²) < 4.78 is 32.9. The average molecular weight is 383 g/mol. The zero-order valence-corrected chi connectivity index (χ0v) is 16.2. The van der Waals surface area contributed by atoms with E-state index in [-0.39, 0.29) is 4.90 Å². The van der Waals surface area contributed by atoms with Gasteiger partial charge < -0.3 is 9.64 Å². The van der Waals surface area contributed by atoms with Crippen LogP contribution in [-0.4, -0.2) is 27.6 Å². The minimum absolute atomic E-state index is 0.172. The van der Waals surface area contributed by atoms with Gasteiger partial charge >= 0.3 is 0 Å². The predicted octanol–water partition coefficient (Wildman–Crippen LogP) is 3.97. The standard InChI is InChI=1S/C20H21N3O3S/c1-15-13-18(10-11-19(15)26-3)27(24,25)22-16-9-12-20(21-14-16)23(2)17-7-5-4-6-8-17/h4-14,22H,1-3H3. The second-order valence-corrected chi connectivity index (χ2v) is 7.72. The van der Waals surface area contributed by atoms with Crippen molar-refractivity contribution in [1.29, 1.82) is 0 Å². The van der Waals surface area contributed by atoms with Gasteiger partial charge in [0.1, 0.15) is 11.6 Å². The second-order valence-electron chi connectivity index (χ2n) is 6.04. The van der Waals surface area contributed by atoms with Gasteiger partial charge in [0.2, 0.25) is 0 Å². The third-order valence-corrected chi connectivity index (χ3v) is 5.54. The first kappa shape index (κ1) is 18.7. The van der Waals surface area contributed by atoms with Crippen LogP contribution in [0.2, 0.25) is 0 Å². The van der Waals surface area contributed by atoms with E-state index in [1.54, 1.807) is 38.3 Å². The van der Waals surface area contributed by atoms with Crippen molar-refractivity contribution < 1.29 is 13.2 Å². The largest absolute Gasteiger partial charge is 0.496 e. The van der Waals surface area contributed by atoms with Crippen molar-refractivity contribution >= 4 is 27.2 Å². The molecule has 0 fully saturated rings. The van der Waals surface area contributed by atoms with Crippen LogP contribution in [0.4, 0.5) is 17.2 Å². The highest BCUT2D eigenvalue weighted by atomic mass is 32.2. The van der Waals surface area contributed by atoms with E-state index < -0.39 is 10.0 Å². The highest BCUT2D eigenvalue weighted by Crippen LogP contribution is 2.25. The fourth-order valence-electron chi connectivity index (χ4n) is 2.66. The smallest absolute Gasteiger partial charge is 0.261 e. The van der Waals surface area contributed by atoms with E-state index in [0.717, 1.165) is 11.3 Å². The molecule has 0 unspecified atom stereocenters.